The lowest BCUT2D eigenvalue weighted by Gasteiger charge is -2.16. The van der Waals surface area contributed by atoms with Gasteiger partial charge in [0.05, 0.1) is 5.60 Å². The van der Waals surface area contributed by atoms with Crippen LogP contribution in [0, 0.1) is 6.92 Å². The fourth-order valence-electron chi connectivity index (χ4n) is 0.959. The van der Waals surface area contributed by atoms with Gasteiger partial charge in [0.25, 0.3) is 0 Å². The highest BCUT2D eigenvalue weighted by atomic mass is 32.1. The van der Waals surface area contributed by atoms with Crippen molar-refractivity contribution in [1.82, 2.24) is 10.3 Å². The second-order valence-corrected chi connectivity index (χ2v) is 4.74. The Bertz CT molecular complexity index is 265. The first-order valence-corrected chi connectivity index (χ1v) is 5.19. The molecule has 2 N–H and O–H groups in total. The van der Waals surface area contributed by atoms with Crippen LogP contribution in [-0.2, 0) is 6.54 Å². The van der Waals surface area contributed by atoms with Gasteiger partial charge >= 0.3 is 0 Å². The van der Waals surface area contributed by atoms with E-state index in [4.69, 9.17) is 0 Å². The number of rotatable bonds is 4. The molecule has 4 heteroatoms. The predicted molar refractivity (Wildman–Crippen MR) is 54.9 cm³/mol. The highest BCUT2D eigenvalue weighted by Crippen LogP contribution is 2.08. The van der Waals surface area contributed by atoms with Crippen molar-refractivity contribution in [2.75, 3.05) is 6.54 Å². The SMILES string of the molecule is Cc1csc(CNCC(C)(C)O)n1. The zero-order valence-corrected chi connectivity index (χ0v) is 9.11. The van der Waals surface area contributed by atoms with Crippen molar-refractivity contribution < 1.29 is 5.11 Å². The molecule has 0 aliphatic rings. The van der Waals surface area contributed by atoms with Crippen LogP contribution in [0.2, 0.25) is 0 Å². The summed E-state index contributed by atoms with van der Waals surface area (Å²) in [6, 6.07) is 0. The number of aromatic nitrogens is 1. The molecule has 0 aliphatic carbocycles. The maximum Gasteiger partial charge on any atom is 0.107 e. The van der Waals surface area contributed by atoms with Crippen LogP contribution >= 0.6 is 11.3 Å². The molecule has 3 nitrogen and oxygen atoms in total. The van der Waals surface area contributed by atoms with E-state index in [1.807, 2.05) is 12.3 Å². The van der Waals surface area contributed by atoms with Crippen molar-refractivity contribution >= 4 is 11.3 Å². The highest BCUT2D eigenvalue weighted by Gasteiger charge is 2.11. The number of hydrogen-bond donors (Lipinski definition) is 2. The summed E-state index contributed by atoms with van der Waals surface area (Å²) in [5.41, 5.74) is 0.414. The Morgan fingerprint density at radius 3 is 2.77 bits per heavy atom. The van der Waals surface area contributed by atoms with Crippen LogP contribution in [0.1, 0.15) is 24.5 Å². The lowest BCUT2D eigenvalue weighted by atomic mass is 10.1. The molecule has 0 saturated heterocycles. The summed E-state index contributed by atoms with van der Waals surface area (Å²) >= 11 is 1.64. The van der Waals surface area contributed by atoms with Crippen LogP contribution < -0.4 is 5.32 Å². The zero-order valence-electron chi connectivity index (χ0n) is 8.29. The molecule has 0 amide bonds. The van der Waals surface area contributed by atoms with Crippen molar-refractivity contribution in [2.24, 2.45) is 0 Å². The van der Waals surface area contributed by atoms with Crippen molar-refractivity contribution in [3.05, 3.63) is 16.1 Å². The quantitative estimate of drug-likeness (QED) is 0.770. The van der Waals surface area contributed by atoms with Gasteiger partial charge in [0.15, 0.2) is 0 Å². The number of aliphatic hydroxyl groups is 1. The van der Waals surface area contributed by atoms with Crippen molar-refractivity contribution in [1.29, 1.82) is 0 Å². The molecule has 1 heterocycles. The molecule has 1 rings (SSSR count). The summed E-state index contributed by atoms with van der Waals surface area (Å²) in [4.78, 5) is 4.30. The third-order valence-corrected chi connectivity index (χ3v) is 2.47. The van der Waals surface area contributed by atoms with Crippen LogP contribution in [0.25, 0.3) is 0 Å². The molecule has 0 radical (unpaired) electrons. The number of hydrogen-bond acceptors (Lipinski definition) is 4. The molecular formula is C9H16N2OS. The monoisotopic (exact) mass is 200 g/mol. The standard InChI is InChI=1S/C9H16N2OS/c1-7-5-13-8(11-7)4-10-6-9(2,3)12/h5,10,12H,4,6H2,1-3H3. The fraction of sp³-hybridized carbons (Fsp3) is 0.667. The molecule has 0 aromatic carbocycles. The van der Waals surface area contributed by atoms with Gasteiger partial charge in [0, 0.05) is 24.2 Å². The Hall–Kier alpha value is -0.450. The van der Waals surface area contributed by atoms with Gasteiger partial charge in [-0.2, -0.15) is 0 Å². The zero-order chi connectivity index (χ0) is 9.90. The Kier molecular flexibility index (Phi) is 3.41. The van der Waals surface area contributed by atoms with E-state index in [0.29, 0.717) is 6.54 Å². The summed E-state index contributed by atoms with van der Waals surface area (Å²) < 4.78 is 0. The van der Waals surface area contributed by atoms with E-state index in [2.05, 4.69) is 10.3 Å². The topological polar surface area (TPSA) is 45.1 Å². The van der Waals surface area contributed by atoms with Gasteiger partial charge in [-0.3, -0.25) is 0 Å². The van der Waals surface area contributed by atoms with Gasteiger partial charge in [0.2, 0.25) is 0 Å². The first-order valence-electron chi connectivity index (χ1n) is 4.31. The smallest absolute Gasteiger partial charge is 0.107 e. The molecule has 0 spiro atoms. The Morgan fingerprint density at radius 1 is 1.62 bits per heavy atom. The van der Waals surface area contributed by atoms with Crippen LogP contribution in [0.4, 0.5) is 0 Å². The van der Waals surface area contributed by atoms with Crippen LogP contribution in [0.5, 0.6) is 0 Å². The molecule has 0 fully saturated rings. The van der Waals surface area contributed by atoms with Crippen LogP contribution in [0.15, 0.2) is 5.38 Å². The van der Waals surface area contributed by atoms with Crippen molar-refractivity contribution in [2.45, 2.75) is 32.9 Å². The molecule has 0 bridgehead atoms. The highest BCUT2D eigenvalue weighted by molar-refractivity contribution is 7.09. The Labute approximate surface area is 82.8 Å². The van der Waals surface area contributed by atoms with Gasteiger partial charge < -0.3 is 10.4 Å². The molecule has 13 heavy (non-hydrogen) atoms. The maximum atomic E-state index is 9.42. The number of thiazole rings is 1. The van der Waals surface area contributed by atoms with E-state index in [0.717, 1.165) is 17.2 Å². The molecule has 0 atom stereocenters. The largest absolute Gasteiger partial charge is 0.389 e. The molecular weight excluding hydrogens is 184 g/mol. The van der Waals surface area contributed by atoms with E-state index in [1.54, 1.807) is 25.2 Å². The number of aryl methyl sites for hydroxylation is 1. The normalized spacial score (nSPS) is 12.0. The van der Waals surface area contributed by atoms with Crippen LogP contribution in [0.3, 0.4) is 0 Å². The number of nitrogens with one attached hydrogen (secondary N) is 1. The van der Waals surface area contributed by atoms with Gasteiger partial charge in [-0.1, -0.05) is 0 Å². The lowest BCUT2D eigenvalue weighted by Crippen LogP contribution is -2.34. The number of nitrogens with zero attached hydrogens (tertiary/aromatic N) is 1. The predicted octanol–water partition coefficient (Wildman–Crippen LogP) is 1.31. The third kappa shape index (κ3) is 4.36. The van der Waals surface area contributed by atoms with Gasteiger partial charge in [-0.15, -0.1) is 11.3 Å². The Morgan fingerprint density at radius 2 is 2.31 bits per heavy atom. The first-order chi connectivity index (χ1) is 5.97. The van der Waals surface area contributed by atoms with Crippen molar-refractivity contribution in [3.8, 4) is 0 Å². The summed E-state index contributed by atoms with van der Waals surface area (Å²) in [6.45, 7) is 6.88. The van der Waals surface area contributed by atoms with E-state index < -0.39 is 5.60 Å². The summed E-state index contributed by atoms with van der Waals surface area (Å²) in [6.07, 6.45) is 0. The van der Waals surface area contributed by atoms with E-state index in [9.17, 15) is 5.11 Å². The van der Waals surface area contributed by atoms with Gasteiger partial charge in [-0.25, -0.2) is 4.98 Å². The van der Waals surface area contributed by atoms with E-state index in [-0.39, 0.29) is 0 Å². The molecule has 74 valence electrons. The first kappa shape index (κ1) is 10.6. The fourth-order valence-corrected chi connectivity index (χ4v) is 1.70. The molecule has 1 aromatic heterocycles. The van der Waals surface area contributed by atoms with Crippen molar-refractivity contribution in [3.63, 3.8) is 0 Å². The van der Waals surface area contributed by atoms with Gasteiger partial charge in [0.1, 0.15) is 5.01 Å². The third-order valence-electron chi connectivity index (χ3n) is 1.50. The second-order valence-electron chi connectivity index (χ2n) is 3.80. The lowest BCUT2D eigenvalue weighted by molar-refractivity contribution is 0.0795. The minimum atomic E-state index is -0.647. The molecule has 0 saturated carbocycles. The average Bonchev–Trinajstić information content (AvgIpc) is 2.33. The summed E-state index contributed by atoms with van der Waals surface area (Å²) in [5.74, 6) is 0. The molecule has 1 aromatic rings. The van der Waals surface area contributed by atoms with E-state index in [1.165, 1.54) is 0 Å². The summed E-state index contributed by atoms with van der Waals surface area (Å²) in [5, 5.41) is 15.7. The van der Waals surface area contributed by atoms with E-state index >= 15 is 0 Å². The second kappa shape index (κ2) is 4.17. The van der Waals surface area contributed by atoms with Crippen LogP contribution in [-0.4, -0.2) is 22.2 Å². The Balaban J connectivity index is 2.28. The maximum absolute atomic E-state index is 9.42. The summed E-state index contributed by atoms with van der Waals surface area (Å²) in [7, 11) is 0. The minimum Gasteiger partial charge on any atom is -0.389 e. The molecule has 0 aliphatic heterocycles. The van der Waals surface area contributed by atoms with Gasteiger partial charge in [-0.05, 0) is 20.8 Å². The molecule has 0 unspecified atom stereocenters. The average molecular weight is 200 g/mol. The minimum absolute atomic E-state index is 0.589.